The molecule has 124 valence electrons. The normalized spacial score (nSPS) is 11.0. The first kappa shape index (κ1) is 16.9. The van der Waals surface area contributed by atoms with E-state index in [1.54, 1.807) is 30.3 Å². The molecule has 0 aliphatic carbocycles. The summed E-state index contributed by atoms with van der Waals surface area (Å²) in [5.74, 6) is 0.423. The van der Waals surface area contributed by atoms with Gasteiger partial charge in [0.15, 0.2) is 5.76 Å². The molecule has 7 nitrogen and oxygen atoms in total. The zero-order valence-electron chi connectivity index (χ0n) is 12.9. The second-order valence-corrected chi connectivity index (χ2v) is 6.67. The van der Waals surface area contributed by atoms with Crippen molar-refractivity contribution >= 4 is 21.6 Å². The van der Waals surface area contributed by atoms with E-state index < -0.39 is 15.9 Å². The zero-order valence-corrected chi connectivity index (χ0v) is 13.7. The monoisotopic (exact) mass is 338 g/mol. The van der Waals surface area contributed by atoms with Crippen molar-refractivity contribution in [1.82, 2.24) is 5.32 Å². The Morgan fingerprint density at radius 1 is 1.26 bits per heavy atom. The lowest BCUT2D eigenvalue weighted by Gasteiger charge is -2.22. The molecule has 0 saturated carbocycles. The van der Waals surface area contributed by atoms with Crippen molar-refractivity contribution in [2.45, 2.75) is 0 Å². The van der Waals surface area contributed by atoms with Gasteiger partial charge in [-0.25, -0.2) is 8.42 Å². The van der Waals surface area contributed by atoms with Crippen LogP contribution in [0.15, 0.2) is 47.1 Å². The standard InChI is InChI=1S/C15H18N2O5S/c1-21-13-7-5-12(6-8-13)17(23(2,19)20)10-9-16-15(18)14-4-3-11-22-14/h3-8,11H,9-10H2,1-2H3,(H,16,18). The minimum absolute atomic E-state index is 0.109. The summed E-state index contributed by atoms with van der Waals surface area (Å²) in [6, 6.07) is 9.79. The Morgan fingerprint density at radius 3 is 2.48 bits per heavy atom. The van der Waals surface area contributed by atoms with Gasteiger partial charge in [-0.15, -0.1) is 0 Å². The van der Waals surface area contributed by atoms with Crippen molar-refractivity contribution in [3.8, 4) is 5.75 Å². The third-order valence-corrected chi connectivity index (χ3v) is 4.30. The van der Waals surface area contributed by atoms with Gasteiger partial charge in [-0.05, 0) is 36.4 Å². The van der Waals surface area contributed by atoms with Crippen molar-refractivity contribution in [2.24, 2.45) is 0 Å². The fourth-order valence-electron chi connectivity index (χ4n) is 2.00. The molecule has 23 heavy (non-hydrogen) atoms. The fourth-order valence-corrected chi connectivity index (χ4v) is 2.93. The first-order valence-electron chi connectivity index (χ1n) is 6.85. The van der Waals surface area contributed by atoms with E-state index in [4.69, 9.17) is 9.15 Å². The van der Waals surface area contributed by atoms with Crippen LogP contribution in [0.25, 0.3) is 0 Å². The summed E-state index contributed by atoms with van der Waals surface area (Å²) in [6.07, 6.45) is 2.51. The molecule has 2 rings (SSSR count). The number of hydrogen-bond donors (Lipinski definition) is 1. The first-order chi connectivity index (χ1) is 10.9. The van der Waals surface area contributed by atoms with Crippen molar-refractivity contribution in [1.29, 1.82) is 0 Å². The van der Waals surface area contributed by atoms with Gasteiger partial charge in [0.2, 0.25) is 10.0 Å². The first-order valence-corrected chi connectivity index (χ1v) is 8.70. The van der Waals surface area contributed by atoms with E-state index >= 15 is 0 Å². The summed E-state index contributed by atoms with van der Waals surface area (Å²) in [6.45, 7) is 0.260. The molecule has 0 unspecified atom stereocenters. The van der Waals surface area contributed by atoms with Crippen LogP contribution in [-0.4, -0.2) is 40.8 Å². The van der Waals surface area contributed by atoms with Crippen LogP contribution < -0.4 is 14.4 Å². The molecule has 1 heterocycles. The largest absolute Gasteiger partial charge is 0.497 e. The minimum Gasteiger partial charge on any atom is -0.497 e. The number of nitrogens with one attached hydrogen (secondary N) is 1. The van der Waals surface area contributed by atoms with Gasteiger partial charge < -0.3 is 14.5 Å². The van der Waals surface area contributed by atoms with Gasteiger partial charge in [-0.3, -0.25) is 9.10 Å². The molecule has 0 saturated heterocycles. The third kappa shape index (κ3) is 4.49. The van der Waals surface area contributed by atoms with Gasteiger partial charge in [0, 0.05) is 6.54 Å². The van der Waals surface area contributed by atoms with Crippen LogP contribution in [-0.2, 0) is 10.0 Å². The molecular formula is C15H18N2O5S. The molecule has 0 fully saturated rings. The number of amides is 1. The molecule has 1 aromatic heterocycles. The van der Waals surface area contributed by atoms with E-state index in [9.17, 15) is 13.2 Å². The van der Waals surface area contributed by atoms with Crippen molar-refractivity contribution in [3.05, 3.63) is 48.4 Å². The number of sulfonamides is 1. The van der Waals surface area contributed by atoms with Crippen molar-refractivity contribution in [3.63, 3.8) is 0 Å². The lowest BCUT2D eigenvalue weighted by Crippen LogP contribution is -2.38. The summed E-state index contributed by atoms with van der Waals surface area (Å²) in [4.78, 5) is 11.8. The second kappa shape index (κ2) is 7.19. The van der Waals surface area contributed by atoms with Gasteiger partial charge in [-0.1, -0.05) is 0 Å². The summed E-state index contributed by atoms with van der Waals surface area (Å²) in [5, 5.41) is 2.62. The van der Waals surface area contributed by atoms with Gasteiger partial charge in [0.1, 0.15) is 5.75 Å². The number of carbonyl (C=O) groups excluding carboxylic acids is 1. The maximum absolute atomic E-state index is 12.0. The quantitative estimate of drug-likeness (QED) is 0.826. The molecule has 1 amide bonds. The average Bonchev–Trinajstić information content (AvgIpc) is 3.05. The maximum Gasteiger partial charge on any atom is 0.287 e. The highest BCUT2D eigenvalue weighted by atomic mass is 32.2. The topological polar surface area (TPSA) is 88.8 Å². The van der Waals surface area contributed by atoms with E-state index in [0.29, 0.717) is 11.4 Å². The predicted molar refractivity (Wildman–Crippen MR) is 86.2 cm³/mol. The number of carbonyl (C=O) groups is 1. The van der Waals surface area contributed by atoms with Gasteiger partial charge in [0.25, 0.3) is 5.91 Å². The Morgan fingerprint density at radius 2 is 1.96 bits per heavy atom. The Labute approximate surface area is 134 Å². The molecule has 0 spiro atoms. The van der Waals surface area contributed by atoms with Gasteiger partial charge >= 0.3 is 0 Å². The molecule has 0 radical (unpaired) electrons. The summed E-state index contributed by atoms with van der Waals surface area (Å²) in [5.41, 5.74) is 0.501. The Bertz CT molecular complexity index is 739. The summed E-state index contributed by atoms with van der Waals surface area (Å²) < 4.78 is 35.2. The number of ether oxygens (including phenoxy) is 1. The van der Waals surface area contributed by atoms with Crippen molar-refractivity contribution < 1.29 is 22.4 Å². The van der Waals surface area contributed by atoms with Crippen LogP contribution in [0.5, 0.6) is 5.75 Å². The lowest BCUT2D eigenvalue weighted by molar-refractivity contribution is 0.0927. The van der Waals surface area contributed by atoms with E-state index in [1.165, 1.54) is 23.7 Å². The van der Waals surface area contributed by atoms with E-state index in [0.717, 1.165) is 6.26 Å². The Kier molecular flexibility index (Phi) is 5.28. The zero-order chi connectivity index (χ0) is 16.9. The summed E-state index contributed by atoms with van der Waals surface area (Å²) >= 11 is 0. The molecule has 8 heteroatoms. The van der Waals surface area contributed by atoms with Crippen LogP contribution in [0, 0.1) is 0 Å². The molecule has 2 aromatic rings. The minimum atomic E-state index is -3.47. The van der Waals surface area contributed by atoms with Crippen LogP contribution >= 0.6 is 0 Å². The number of methoxy groups -OCH3 is 1. The van der Waals surface area contributed by atoms with Crippen LogP contribution in [0.2, 0.25) is 0 Å². The average molecular weight is 338 g/mol. The smallest absolute Gasteiger partial charge is 0.287 e. The SMILES string of the molecule is COc1ccc(N(CCNC(=O)c2ccco2)S(C)(=O)=O)cc1. The van der Waals surface area contributed by atoms with Crippen LogP contribution in [0.3, 0.4) is 0 Å². The highest BCUT2D eigenvalue weighted by Gasteiger charge is 2.18. The molecule has 0 bridgehead atoms. The number of nitrogens with zero attached hydrogens (tertiary/aromatic N) is 1. The Balaban J connectivity index is 2.03. The lowest BCUT2D eigenvalue weighted by atomic mass is 10.3. The van der Waals surface area contributed by atoms with Gasteiger partial charge in [0.05, 0.1) is 31.9 Å². The number of benzene rings is 1. The highest BCUT2D eigenvalue weighted by Crippen LogP contribution is 2.21. The Hall–Kier alpha value is -2.48. The molecule has 0 atom stereocenters. The number of anilines is 1. The maximum atomic E-state index is 12.0. The highest BCUT2D eigenvalue weighted by molar-refractivity contribution is 7.92. The molecule has 0 aliphatic heterocycles. The van der Waals surface area contributed by atoms with E-state index in [1.807, 2.05) is 0 Å². The third-order valence-electron chi connectivity index (χ3n) is 3.11. The number of hydrogen-bond acceptors (Lipinski definition) is 5. The predicted octanol–water partition coefficient (Wildman–Crippen LogP) is 1.48. The van der Waals surface area contributed by atoms with Crippen LogP contribution in [0.1, 0.15) is 10.6 Å². The van der Waals surface area contributed by atoms with Crippen molar-refractivity contribution in [2.75, 3.05) is 30.8 Å². The van der Waals surface area contributed by atoms with E-state index in [-0.39, 0.29) is 18.8 Å². The fraction of sp³-hybridized carbons (Fsp3) is 0.267. The number of rotatable bonds is 7. The molecule has 1 N–H and O–H groups in total. The van der Waals surface area contributed by atoms with E-state index in [2.05, 4.69) is 5.32 Å². The molecule has 1 aromatic carbocycles. The van der Waals surface area contributed by atoms with Gasteiger partial charge in [-0.2, -0.15) is 0 Å². The molecule has 0 aliphatic rings. The number of furan rings is 1. The second-order valence-electron chi connectivity index (χ2n) is 4.77. The van der Waals surface area contributed by atoms with Crippen LogP contribution in [0.4, 0.5) is 5.69 Å². The summed E-state index contributed by atoms with van der Waals surface area (Å²) in [7, 11) is -1.94. The molecular weight excluding hydrogens is 320 g/mol.